The van der Waals surface area contributed by atoms with Crippen LogP contribution in [0.25, 0.3) is 22.6 Å². The molecule has 0 atom stereocenters. The van der Waals surface area contributed by atoms with Crippen LogP contribution in [0.4, 0.5) is 0 Å². The lowest BCUT2D eigenvalue weighted by Crippen LogP contribution is -2.15. The van der Waals surface area contributed by atoms with Gasteiger partial charge >= 0.3 is 5.97 Å². The number of carbonyl (C=O) groups excluding carboxylic acids is 1. The predicted molar refractivity (Wildman–Crippen MR) is 106 cm³/mol. The molecule has 2 aromatic carbocycles. The Labute approximate surface area is 162 Å². The number of carbonyl (C=O) groups is 1. The van der Waals surface area contributed by atoms with E-state index in [4.69, 9.17) is 4.74 Å². The maximum absolute atomic E-state index is 13.0. The zero-order chi connectivity index (χ0) is 19.7. The molecule has 0 aromatic heterocycles. The van der Waals surface area contributed by atoms with E-state index in [9.17, 15) is 9.59 Å². The van der Waals surface area contributed by atoms with Crippen molar-refractivity contribution in [2.75, 3.05) is 6.61 Å². The van der Waals surface area contributed by atoms with Gasteiger partial charge in [0.25, 0.3) is 5.56 Å². The molecular formula is C22H19N3O3. The van der Waals surface area contributed by atoms with E-state index >= 15 is 0 Å². The topological polar surface area (TPSA) is 66.1 Å². The van der Waals surface area contributed by atoms with Crippen LogP contribution < -0.4 is 5.56 Å². The first-order chi connectivity index (χ1) is 13.6. The Morgan fingerprint density at radius 1 is 1.00 bits per heavy atom. The van der Waals surface area contributed by atoms with Crippen molar-refractivity contribution in [1.29, 1.82) is 0 Å². The molecular weight excluding hydrogens is 354 g/mol. The van der Waals surface area contributed by atoms with Crippen molar-refractivity contribution in [2.24, 2.45) is 0 Å². The predicted octanol–water partition coefficient (Wildman–Crippen LogP) is 3.61. The quantitative estimate of drug-likeness (QED) is 0.513. The summed E-state index contributed by atoms with van der Waals surface area (Å²) in [6.45, 7) is 3.98. The van der Waals surface area contributed by atoms with Crippen molar-refractivity contribution >= 4 is 5.97 Å². The van der Waals surface area contributed by atoms with Crippen molar-refractivity contribution in [3.63, 3.8) is 0 Å². The van der Waals surface area contributed by atoms with Crippen LogP contribution in [-0.2, 0) is 4.74 Å². The molecule has 6 heteroatoms. The monoisotopic (exact) mass is 373 g/mol. The Bertz CT molecular complexity index is 1160. The molecule has 0 spiro atoms. The van der Waals surface area contributed by atoms with Gasteiger partial charge < -0.3 is 9.30 Å². The highest BCUT2D eigenvalue weighted by Gasteiger charge is 2.25. The zero-order valence-electron chi connectivity index (χ0n) is 15.6. The van der Waals surface area contributed by atoms with E-state index in [1.54, 1.807) is 36.0 Å². The second-order valence-corrected chi connectivity index (χ2v) is 6.45. The van der Waals surface area contributed by atoms with Crippen molar-refractivity contribution in [3.8, 4) is 22.6 Å². The summed E-state index contributed by atoms with van der Waals surface area (Å²) in [4.78, 5) is 25.6. The molecule has 0 unspecified atom stereocenters. The fourth-order valence-electron chi connectivity index (χ4n) is 3.07. The van der Waals surface area contributed by atoms with Gasteiger partial charge in [-0.15, -0.1) is 0 Å². The molecule has 2 aliphatic rings. The fraction of sp³-hybridized carbons (Fsp3) is 0.136. The van der Waals surface area contributed by atoms with Crippen LogP contribution in [0.1, 0.15) is 22.8 Å². The van der Waals surface area contributed by atoms with Crippen LogP contribution in [0.5, 0.6) is 0 Å². The summed E-state index contributed by atoms with van der Waals surface area (Å²) in [5.74, 6) is -0.508. The second kappa shape index (κ2) is 7.15. The third-order valence-electron chi connectivity index (χ3n) is 4.50. The number of nitrogens with zero attached hydrogens (tertiary/aromatic N) is 3. The van der Waals surface area contributed by atoms with Crippen molar-refractivity contribution < 1.29 is 9.53 Å². The molecule has 0 fully saturated rings. The number of rotatable bonds is 4. The summed E-state index contributed by atoms with van der Waals surface area (Å²) in [6.07, 6.45) is 3.37. The molecule has 0 amide bonds. The number of hydrogen-bond acceptors (Lipinski definition) is 4. The van der Waals surface area contributed by atoms with E-state index in [2.05, 4.69) is 5.10 Å². The highest BCUT2D eigenvalue weighted by atomic mass is 16.5. The maximum atomic E-state index is 13.0. The fourth-order valence-corrected chi connectivity index (χ4v) is 3.07. The molecule has 2 heterocycles. The molecule has 140 valence electrons. The first-order valence-electron chi connectivity index (χ1n) is 9.03. The van der Waals surface area contributed by atoms with Crippen molar-refractivity contribution in [2.45, 2.75) is 13.8 Å². The highest BCUT2D eigenvalue weighted by Crippen LogP contribution is 2.25. The van der Waals surface area contributed by atoms with E-state index in [0.29, 0.717) is 16.9 Å². The van der Waals surface area contributed by atoms with E-state index in [1.165, 1.54) is 4.68 Å². The molecule has 0 radical (unpaired) electrons. The number of fused-ring (bicyclic) bond motifs is 1. The minimum atomic E-state index is -0.508. The van der Waals surface area contributed by atoms with E-state index in [1.807, 2.05) is 49.4 Å². The Morgan fingerprint density at radius 3 is 2.39 bits per heavy atom. The Morgan fingerprint density at radius 2 is 1.71 bits per heavy atom. The Hall–Kier alpha value is -3.67. The van der Waals surface area contributed by atoms with Crippen molar-refractivity contribution in [1.82, 2.24) is 14.3 Å². The number of para-hydroxylation sites is 1. The van der Waals surface area contributed by atoms with Crippen LogP contribution in [-0.4, -0.2) is 26.9 Å². The molecule has 0 N–H and O–H groups in total. The largest absolute Gasteiger partial charge is 0.462 e. The summed E-state index contributed by atoms with van der Waals surface area (Å²) < 4.78 is 8.27. The molecule has 0 saturated heterocycles. The molecule has 2 aromatic rings. The van der Waals surface area contributed by atoms with E-state index < -0.39 is 5.97 Å². The van der Waals surface area contributed by atoms with Crippen LogP contribution in [0.3, 0.4) is 0 Å². The van der Waals surface area contributed by atoms with Crippen LogP contribution in [0, 0.1) is 6.92 Å². The molecule has 6 nitrogen and oxygen atoms in total. The maximum Gasteiger partial charge on any atom is 0.341 e. The second-order valence-electron chi connectivity index (χ2n) is 6.45. The lowest BCUT2D eigenvalue weighted by Gasteiger charge is -2.12. The van der Waals surface area contributed by atoms with Gasteiger partial charge in [0.1, 0.15) is 11.3 Å². The van der Waals surface area contributed by atoms with Gasteiger partial charge in [-0.3, -0.25) is 4.79 Å². The van der Waals surface area contributed by atoms with Crippen molar-refractivity contribution in [3.05, 3.63) is 88.5 Å². The third-order valence-corrected chi connectivity index (χ3v) is 4.50. The van der Waals surface area contributed by atoms with Gasteiger partial charge in [0, 0.05) is 18.1 Å². The number of aryl methyl sites for hydroxylation is 1. The lowest BCUT2D eigenvalue weighted by molar-refractivity contribution is 0.0526. The van der Waals surface area contributed by atoms with Gasteiger partial charge in [-0.25, -0.2) is 4.79 Å². The van der Waals surface area contributed by atoms with Gasteiger partial charge in [-0.1, -0.05) is 35.9 Å². The number of aromatic nitrogens is 3. The van der Waals surface area contributed by atoms with Crippen LogP contribution >= 0.6 is 0 Å². The average molecular weight is 373 g/mol. The number of esters is 1. The van der Waals surface area contributed by atoms with Gasteiger partial charge in [0.05, 0.1) is 17.9 Å². The van der Waals surface area contributed by atoms with Gasteiger partial charge in [-0.2, -0.15) is 9.78 Å². The summed E-state index contributed by atoms with van der Waals surface area (Å²) >= 11 is 0. The van der Waals surface area contributed by atoms with E-state index in [-0.39, 0.29) is 17.7 Å². The standard InChI is InChI=1S/C22H19N3O3/c1-3-28-22(27)19-14-24(16-11-9-15(2)10-12-16)13-18-20(19)23-25(21(18)26)17-7-5-4-6-8-17/h4-14H,3H2,1-2H3. The van der Waals surface area contributed by atoms with Crippen LogP contribution in [0.2, 0.25) is 0 Å². The summed E-state index contributed by atoms with van der Waals surface area (Å²) in [6, 6.07) is 16.9. The number of pyridine rings is 1. The Kier molecular flexibility index (Phi) is 4.53. The van der Waals surface area contributed by atoms with Gasteiger partial charge in [0.2, 0.25) is 0 Å². The molecule has 0 saturated carbocycles. The minimum absolute atomic E-state index is 0.239. The lowest BCUT2D eigenvalue weighted by atomic mass is 10.1. The first kappa shape index (κ1) is 17.7. The molecule has 2 aliphatic heterocycles. The summed E-state index contributed by atoms with van der Waals surface area (Å²) in [5, 5.41) is 4.42. The normalized spacial score (nSPS) is 10.9. The summed E-state index contributed by atoms with van der Waals surface area (Å²) in [7, 11) is 0. The molecule has 4 rings (SSSR count). The highest BCUT2D eigenvalue weighted by molar-refractivity contribution is 5.96. The SMILES string of the molecule is CCOC(=O)c1cn(-c2ccc(C)cc2)cc2c(=O)n(-c3ccccc3)nc1-2. The molecule has 28 heavy (non-hydrogen) atoms. The zero-order valence-corrected chi connectivity index (χ0v) is 15.6. The molecule has 0 aliphatic carbocycles. The average Bonchev–Trinajstić information content (AvgIpc) is 3.05. The number of hydrogen-bond donors (Lipinski definition) is 0. The molecule has 0 bridgehead atoms. The Balaban J connectivity index is 1.97. The van der Waals surface area contributed by atoms with Crippen LogP contribution in [0.15, 0.2) is 71.8 Å². The smallest absolute Gasteiger partial charge is 0.341 e. The third kappa shape index (κ3) is 3.09. The number of ether oxygens (including phenoxy) is 1. The first-order valence-corrected chi connectivity index (χ1v) is 9.03. The summed E-state index contributed by atoms with van der Waals surface area (Å²) in [5.41, 5.74) is 3.26. The van der Waals surface area contributed by atoms with Gasteiger partial charge in [-0.05, 0) is 38.1 Å². The van der Waals surface area contributed by atoms with E-state index in [0.717, 1.165) is 11.3 Å². The minimum Gasteiger partial charge on any atom is -0.462 e. The van der Waals surface area contributed by atoms with Gasteiger partial charge in [0.15, 0.2) is 0 Å². The number of benzene rings is 2.